The van der Waals surface area contributed by atoms with E-state index in [2.05, 4.69) is 50.4 Å². The molecule has 3 N–H and O–H groups in total. The van der Waals surface area contributed by atoms with Crippen LogP contribution in [0.4, 0.5) is 0 Å². The Morgan fingerprint density at radius 2 is 1.80 bits per heavy atom. The first-order chi connectivity index (χ1) is 9.78. The number of piperazine rings is 1. The van der Waals surface area contributed by atoms with Crippen LogP contribution in [-0.4, -0.2) is 62.1 Å². The van der Waals surface area contributed by atoms with Crippen LogP contribution in [0.15, 0.2) is 35.3 Å². The van der Waals surface area contributed by atoms with Gasteiger partial charge in [-0.25, -0.2) is 0 Å². The summed E-state index contributed by atoms with van der Waals surface area (Å²) in [5, 5.41) is 3.10. The van der Waals surface area contributed by atoms with Crippen molar-refractivity contribution in [1.82, 2.24) is 15.1 Å². The summed E-state index contributed by atoms with van der Waals surface area (Å²) in [5.74, 6) is 0.521. The number of nitrogens with zero attached hydrogens (tertiary/aromatic N) is 3. The Balaban J connectivity index is 1.65. The monoisotopic (exact) mass is 275 g/mol. The van der Waals surface area contributed by atoms with Gasteiger partial charge in [0.05, 0.1) is 0 Å². The third-order valence-corrected chi connectivity index (χ3v) is 3.69. The molecule has 0 unspecified atom stereocenters. The van der Waals surface area contributed by atoms with E-state index >= 15 is 0 Å². The van der Waals surface area contributed by atoms with E-state index in [9.17, 15) is 0 Å². The fraction of sp³-hybridized carbons (Fsp3) is 0.533. The number of benzene rings is 1. The number of guanidine groups is 1. The molecule has 5 nitrogen and oxygen atoms in total. The second kappa shape index (κ2) is 7.87. The van der Waals surface area contributed by atoms with Crippen LogP contribution in [0, 0.1) is 0 Å². The SMILES string of the molecule is CN=C(N)NCCN1CCN(Cc2ccccc2)CC1. The van der Waals surface area contributed by atoms with Crippen LogP contribution in [0.5, 0.6) is 0 Å². The van der Waals surface area contributed by atoms with Gasteiger partial charge in [-0.3, -0.25) is 14.8 Å². The van der Waals surface area contributed by atoms with Gasteiger partial charge in [-0.05, 0) is 5.56 Å². The summed E-state index contributed by atoms with van der Waals surface area (Å²) < 4.78 is 0. The molecule has 1 aromatic rings. The van der Waals surface area contributed by atoms with E-state index in [4.69, 9.17) is 5.73 Å². The molecule has 1 fully saturated rings. The normalized spacial score (nSPS) is 18.1. The fourth-order valence-corrected chi connectivity index (χ4v) is 2.43. The summed E-state index contributed by atoms with van der Waals surface area (Å²) in [7, 11) is 1.70. The summed E-state index contributed by atoms with van der Waals surface area (Å²) in [6, 6.07) is 10.7. The Labute approximate surface area is 121 Å². The second-order valence-electron chi connectivity index (χ2n) is 5.14. The standard InChI is InChI=1S/C15H25N5/c1-17-15(16)18-7-8-19-9-11-20(12-10-19)13-14-5-3-2-4-6-14/h2-6H,7-13H2,1H3,(H3,16,17,18). The number of aliphatic imine (C=N–C) groups is 1. The lowest BCUT2D eigenvalue weighted by Gasteiger charge is -2.34. The molecule has 5 heteroatoms. The van der Waals surface area contributed by atoms with Gasteiger partial charge >= 0.3 is 0 Å². The molecule has 20 heavy (non-hydrogen) atoms. The number of hydrogen-bond acceptors (Lipinski definition) is 3. The summed E-state index contributed by atoms with van der Waals surface area (Å²) in [6.45, 7) is 7.45. The molecule has 0 bridgehead atoms. The average molecular weight is 275 g/mol. The quantitative estimate of drug-likeness (QED) is 0.601. The summed E-state index contributed by atoms with van der Waals surface area (Å²) in [4.78, 5) is 8.87. The highest BCUT2D eigenvalue weighted by molar-refractivity contribution is 5.77. The van der Waals surface area contributed by atoms with Crippen molar-refractivity contribution in [2.45, 2.75) is 6.54 Å². The van der Waals surface area contributed by atoms with Gasteiger partial charge < -0.3 is 11.1 Å². The molecule has 1 aliphatic rings. The van der Waals surface area contributed by atoms with Crippen LogP contribution in [0.2, 0.25) is 0 Å². The third-order valence-electron chi connectivity index (χ3n) is 3.69. The molecule has 1 aromatic carbocycles. The zero-order valence-electron chi connectivity index (χ0n) is 12.3. The van der Waals surface area contributed by atoms with Crippen molar-refractivity contribution in [2.75, 3.05) is 46.3 Å². The minimum absolute atomic E-state index is 0.521. The Kier molecular flexibility index (Phi) is 5.83. The maximum Gasteiger partial charge on any atom is 0.188 e. The Bertz CT molecular complexity index is 410. The lowest BCUT2D eigenvalue weighted by Crippen LogP contribution is -2.48. The number of rotatable bonds is 5. The van der Waals surface area contributed by atoms with Gasteiger partial charge in [0.15, 0.2) is 5.96 Å². The summed E-state index contributed by atoms with van der Waals surface area (Å²) in [5.41, 5.74) is 7.01. The van der Waals surface area contributed by atoms with E-state index in [0.29, 0.717) is 5.96 Å². The molecule has 0 saturated carbocycles. The first-order valence-corrected chi connectivity index (χ1v) is 7.22. The highest BCUT2D eigenvalue weighted by Crippen LogP contribution is 2.07. The van der Waals surface area contributed by atoms with Crippen LogP contribution in [0.25, 0.3) is 0 Å². The van der Waals surface area contributed by atoms with Crippen LogP contribution in [0.3, 0.4) is 0 Å². The van der Waals surface area contributed by atoms with Gasteiger partial charge in [-0.15, -0.1) is 0 Å². The predicted molar refractivity (Wildman–Crippen MR) is 83.7 cm³/mol. The minimum Gasteiger partial charge on any atom is -0.370 e. The Morgan fingerprint density at radius 3 is 2.45 bits per heavy atom. The van der Waals surface area contributed by atoms with Gasteiger partial charge in [0.25, 0.3) is 0 Å². The third kappa shape index (κ3) is 4.83. The van der Waals surface area contributed by atoms with E-state index in [1.807, 2.05) is 0 Å². The topological polar surface area (TPSA) is 56.9 Å². The van der Waals surface area contributed by atoms with Gasteiger partial charge in [-0.2, -0.15) is 0 Å². The molecule has 0 radical (unpaired) electrons. The van der Waals surface area contributed by atoms with Crippen LogP contribution >= 0.6 is 0 Å². The number of nitrogens with one attached hydrogen (secondary N) is 1. The zero-order valence-corrected chi connectivity index (χ0v) is 12.3. The molecule has 1 saturated heterocycles. The minimum atomic E-state index is 0.521. The Hall–Kier alpha value is -1.59. The molecule has 1 aliphatic heterocycles. The van der Waals surface area contributed by atoms with Gasteiger partial charge in [0.2, 0.25) is 0 Å². The molecule has 0 aliphatic carbocycles. The summed E-state index contributed by atoms with van der Waals surface area (Å²) in [6.07, 6.45) is 0. The average Bonchev–Trinajstić information content (AvgIpc) is 2.50. The van der Waals surface area contributed by atoms with Crippen molar-refractivity contribution >= 4 is 5.96 Å². The van der Waals surface area contributed by atoms with Crippen molar-refractivity contribution in [1.29, 1.82) is 0 Å². The van der Waals surface area contributed by atoms with Crippen LogP contribution < -0.4 is 11.1 Å². The molecular formula is C15H25N5. The first-order valence-electron chi connectivity index (χ1n) is 7.22. The summed E-state index contributed by atoms with van der Waals surface area (Å²) >= 11 is 0. The smallest absolute Gasteiger partial charge is 0.188 e. The first kappa shape index (κ1) is 14.8. The maximum atomic E-state index is 5.61. The fourth-order valence-electron chi connectivity index (χ4n) is 2.43. The van der Waals surface area contributed by atoms with Crippen molar-refractivity contribution in [3.8, 4) is 0 Å². The van der Waals surface area contributed by atoms with E-state index in [0.717, 1.165) is 45.8 Å². The predicted octanol–water partition coefficient (Wildman–Crippen LogP) is 0.338. The number of hydrogen-bond donors (Lipinski definition) is 2. The van der Waals surface area contributed by atoms with Crippen molar-refractivity contribution in [3.05, 3.63) is 35.9 Å². The molecule has 0 spiro atoms. The second-order valence-corrected chi connectivity index (χ2v) is 5.14. The molecule has 0 amide bonds. The largest absolute Gasteiger partial charge is 0.370 e. The molecule has 0 aromatic heterocycles. The van der Waals surface area contributed by atoms with E-state index < -0.39 is 0 Å². The van der Waals surface area contributed by atoms with Crippen molar-refractivity contribution in [2.24, 2.45) is 10.7 Å². The van der Waals surface area contributed by atoms with E-state index in [1.54, 1.807) is 7.05 Å². The van der Waals surface area contributed by atoms with E-state index in [1.165, 1.54) is 5.56 Å². The van der Waals surface area contributed by atoms with E-state index in [-0.39, 0.29) is 0 Å². The van der Waals surface area contributed by atoms with Crippen molar-refractivity contribution in [3.63, 3.8) is 0 Å². The highest BCUT2D eigenvalue weighted by atomic mass is 15.3. The van der Waals surface area contributed by atoms with Gasteiger partial charge in [0, 0.05) is 52.9 Å². The lowest BCUT2D eigenvalue weighted by atomic mass is 10.2. The van der Waals surface area contributed by atoms with Gasteiger partial charge in [0.1, 0.15) is 0 Å². The molecule has 110 valence electrons. The van der Waals surface area contributed by atoms with Crippen LogP contribution in [-0.2, 0) is 6.54 Å². The molecule has 2 rings (SSSR count). The maximum absolute atomic E-state index is 5.61. The van der Waals surface area contributed by atoms with Crippen molar-refractivity contribution < 1.29 is 0 Å². The Morgan fingerprint density at radius 1 is 1.15 bits per heavy atom. The molecular weight excluding hydrogens is 250 g/mol. The molecule has 1 heterocycles. The van der Waals surface area contributed by atoms with Crippen LogP contribution in [0.1, 0.15) is 5.56 Å². The highest BCUT2D eigenvalue weighted by Gasteiger charge is 2.16. The lowest BCUT2D eigenvalue weighted by molar-refractivity contribution is 0.129. The van der Waals surface area contributed by atoms with Gasteiger partial charge in [-0.1, -0.05) is 30.3 Å². The molecule has 0 atom stereocenters. The number of nitrogens with two attached hydrogens (primary N) is 1. The zero-order chi connectivity index (χ0) is 14.2.